The predicted molar refractivity (Wildman–Crippen MR) is 93.3 cm³/mol. The molecule has 1 atom stereocenters. The molecule has 4 nitrogen and oxygen atoms in total. The highest BCUT2D eigenvalue weighted by Gasteiger charge is 2.17. The number of nitrogens with one attached hydrogen (secondary N) is 2. The number of hydrogen-bond donors (Lipinski definition) is 2. The first-order valence-corrected chi connectivity index (χ1v) is 8.54. The van der Waals surface area contributed by atoms with Crippen molar-refractivity contribution in [1.82, 2.24) is 15.6 Å². The molecule has 0 radical (unpaired) electrons. The highest BCUT2D eigenvalue weighted by Crippen LogP contribution is 2.23. The summed E-state index contributed by atoms with van der Waals surface area (Å²) in [6.45, 7) is 14.0. The summed E-state index contributed by atoms with van der Waals surface area (Å²) in [5.41, 5.74) is 1.31. The van der Waals surface area contributed by atoms with E-state index in [0.717, 1.165) is 18.9 Å². The molecule has 0 saturated heterocycles. The summed E-state index contributed by atoms with van der Waals surface area (Å²) >= 11 is 1.74. The fraction of sp³-hybridized carbons (Fsp3) is 0.750. The quantitative estimate of drug-likeness (QED) is 0.648. The summed E-state index contributed by atoms with van der Waals surface area (Å²) in [4.78, 5) is 8.98. The third-order valence-corrected chi connectivity index (χ3v) is 4.45. The topological polar surface area (TPSA) is 49.3 Å². The molecule has 0 aliphatic carbocycles. The molecular formula is C16H30N4S. The van der Waals surface area contributed by atoms with Crippen LogP contribution in [0, 0.1) is 5.92 Å². The molecule has 1 aromatic heterocycles. The van der Waals surface area contributed by atoms with Gasteiger partial charge >= 0.3 is 0 Å². The molecule has 1 rings (SSSR count). The fourth-order valence-electron chi connectivity index (χ4n) is 1.63. The first-order chi connectivity index (χ1) is 9.74. The molecule has 0 saturated carbocycles. The summed E-state index contributed by atoms with van der Waals surface area (Å²) in [6.07, 6.45) is 0.928. The first-order valence-electron chi connectivity index (χ1n) is 7.66. The van der Waals surface area contributed by atoms with E-state index in [-0.39, 0.29) is 5.41 Å². The Kier molecular flexibility index (Phi) is 6.65. The fourth-order valence-corrected chi connectivity index (χ4v) is 2.66. The van der Waals surface area contributed by atoms with Gasteiger partial charge in [-0.05, 0) is 12.8 Å². The van der Waals surface area contributed by atoms with E-state index in [4.69, 9.17) is 4.98 Å². The summed E-state index contributed by atoms with van der Waals surface area (Å²) in [6, 6.07) is 0.406. The van der Waals surface area contributed by atoms with Crippen LogP contribution in [0.3, 0.4) is 0 Å². The van der Waals surface area contributed by atoms with Crippen molar-refractivity contribution in [2.45, 2.75) is 59.4 Å². The van der Waals surface area contributed by atoms with Gasteiger partial charge in [0.2, 0.25) is 0 Å². The smallest absolute Gasteiger partial charge is 0.191 e. The van der Waals surface area contributed by atoms with Crippen molar-refractivity contribution in [2.24, 2.45) is 10.9 Å². The highest BCUT2D eigenvalue weighted by atomic mass is 32.1. The molecule has 0 aromatic carbocycles. The Hall–Kier alpha value is -1.10. The molecule has 21 heavy (non-hydrogen) atoms. The lowest BCUT2D eigenvalue weighted by molar-refractivity contribution is 0.481. The molecule has 0 amide bonds. The minimum absolute atomic E-state index is 0.131. The van der Waals surface area contributed by atoms with Gasteiger partial charge in [-0.3, -0.25) is 4.99 Å². The zero-order valence-corrected chi connectivity index (χ0v) is 15.3. The number of aromatic nitrogens is 1. The van der Waals surface area contributed by atoms with Crippen molar-refractivity contribution < 1.29 is 0 Å². The molecular weight excluding hydrogens is 280 g/mol. The average Bonchev–Trinajstić information content (AvgIpc) is 2.85. The van der Waals surface area contributed by atoms with Crippen LogP contribution >= 0.6 is 11.3 Å². The number of hydrogen-bond acceptors (Lipinski definition) is 3. The maximum Gasteiger partial charge on any atom is 0.191 e. The van der Waals surface area contributed by atoms with Gasteiger partial charge in [-0.25, -0.2) is 4.98 Å². The molecule has 120 valence electrons. The summed E-state index contributed by atoms with van der Waals surface area (Å²) in [7, 11) is 1.81. The number of rotatable bonds is 5. The molecule has 2 N–H and O–H groups in total. The van der Waals surface area contributed by atoms with Crippen molar-refractivity contribution >= 4 is 17.3 Å². The van der Waals surface area contributed by atoms with Crippen LogP contribution in [0.4, 0.5) is 0 Å². The van der Waals surface area contributed by atoms with Crippen LogP contribution in [0.1, 0.15) is 52.2 Å². The van der Waals surface area contributed by atoms with Gasteiger partial charge in [-0.1, -0.05) is 34.6 Å². The van der Waals surface area contributed by atoms with Gasteiger partial charge in [0.05, 0.1) is 10.7 Å². The molecule has 5 heteroatoms. The molecule has 0 aliphatic rings. The second-order valence-electron chi connectivity index (χ2n) is 6.80. The van der Waals surface area contributed by atoms with E-state index in [9.17, 15) is 0 Å². The van der Waals surface area contributed by atoms with E-state index >= 15 is 0 Å². The van der Waals surface area contributed by atoms with E-state index < -0.39 is 0 Å². The second kappa shape index (κ2) is 7.78. The lowest BCUT2D eigenvalue weighted by Gasteiger charge is -2.20. The second-order valence-corrected chi connectivity index (χ2v) is 7.75. The third kappa shape index (κ3) is 6.04. The van der Waals surface area contributed by atoms with E-state index in [1.807, 2.05) is 7.05 Å². The summed E-state index contributed by atoms with van der Waals surface area (Å²) in [5, 5.41) is 10.1. The molecule has 1 unspecified atom stereocenters. The molecule has 0 spiro atoms. The van der Waals surface area contributed by atoms with Gasteiger partial charge in [0.25, 0.3) is 0 Å². The van der Waals surface area contributed by atoms with E-state index in [2.05, 4.69) is 62.5 Å². The van der Waals surface area contributed by atoms with Gasteiger partial charge in [0.1, 0.15) is 0 Å². The minimum atomic E-state index is 0.131. The monoisotopic (exact) mass is 310 g/mol. The highest BCUT2D eigenvalue weighted by molar-refractivity contribution is 7.09. The van der Waals surface area contributed by atoms with Gasteiger partial charge in [0, 0.05) is 36.9 Å². The Morgan fingerprint density at radius 3 is 2.48 bits per heavy atom. The lowest BCUT2D eigenvalue weighted by atomic mass is 9.93. The maximum atomic E-state index is 4.71. The predicted octanol–water partition coefficient (Wildman–Crippen LogP) is 3.19. The Morgan fingerprint density at radius 2 is 2.00 bits per heavy atom. The van der Waals surface area contributed by atoms with Crippen LogP contribution in [-0.4, -0.2) is 30.6 Å². The van der Waals surface area contributed by atoms with Gasteiger partial charge in [0.15, 0.2) is 5.96 Å². The van der Waals surface area contributed by atoms with Crippen molar-refractivity contribution in [2.75, 3.05) is 13.6 Å². The number of nitrogens with zero attached hydrogens (tertiary/aromatic N) is 2. The SMILES string of the molecule is CN=C(NCCc1nc(C(C)(C)C)cs1)NC(C)C(C)C. The van der Waals surface area contributed by atoms with Gasteiger partial charge < -0.3 is 10.6 Å². The lowest BCUT2D eigenvalue weighted by Crippen LogP contribution is -2.44. The van der Waals surface area contributed by atoms with Crippen molar-refractivity contribution in [3.63, 3.8) is 0 Å². The summed E-state index contributed by atoms with van der Waals surface area (Å²) < 4.78 is 0. The van der Waals surface area contributed by atoms with E-state index in [1.54, 1.807) is 11.3 Å². The number of thiazole rings is 1. The molecule has 0 bridgehead atoms. The zero-order chi connectivity index (χ0) is 16.0. The maximum absolute atomic E-state index is 4.71. The van der Waals surface area contributed by atoms with Crippen LogP contribution in [0.5, 0.6) is 0 Å². The Morgan fingerprint density at radius 1 is 1.33 bits per heavy atom. The van der Waals surface area contributed by atoms with Gasteiger partial charge in [-0.2, -0.15) is 0 Å². The third-order valence-electron chi connectivity index (χ3n) is 3.54. The summed E-state index contributed by atoms with van der Waals surface area (Å²) in [5.74, 6) is 1.45. The Balaban J connectivity index is 2.43. The number of aliphatic imine (C=N–C) groups is 1. The molecule has 1 aromatic rings. The van der Waals surface area contributed by atoms with Crippen LogP contribution in [0.2, 0.25) is 0 Å². The van der Waals surface area contributed by atoms with Gasteiger partial charge in [-0.15, -0.1) is 11.3 Å². The van der Waals surface area contributed by atoms with E-state index in [0.29, 0.717) is 12.0 Å². The van der Waals surface area contributed by atoms with Crippen molar-refractivity contribution in [3.8, 4) is 0 Å². The van der Waals surface area contributed by atoms with E-state index in [1.165, 1.54) is 10.7 Å². The molecule has 0 aliphatic heterocycles. The first kappa shape index (κ1) is 18.0. The van der Waals surface area contributed by atoms with Crippen LogP contribution < -0.4 is 10.6 Å². The molecule has 0 fully saturated rings. The van der Waals surface area contributed by atoms with Crippen molar-refractivity contribution in [1.29, 1.82) is 0 Å². The van der Waals surface area contributed by atoms with Crippen LogP contribution in [0.15, 0.2) is 10.4 Å². The largest absolute Gasteiger partial charge is 0.356 e. The Labute approximate surface area is 133 Å². The standard InChI is InChI=1S/C16H30N4S/c1-11(2)12(3)19-15(17-7)18-9-8-14-20-13(10-21-14)16(4,5)6/h10-12H,8-9H2,1-7H3,(H2,17,18,19). The molecule has 1 heterocycles. The van der Waals surface area contributed by atoms with Crippen LogP contribution in [0.25, 0.3) is 0 Å². The van der Waals surface area contributed by atoms with Crippen LogP contribution in [-0.2, 0) is 11.8 Å². The zero-order valence-electron chi connectivity index (χ0n) is 14.4. The normalized spacial score (nSPS) is 14.4. The van der Waals surface area contributed by atoms with Crippen molar-refractivity contribution in [3.05, 3.63) is 16.1 Å². The minimum Gasteiger partial charge on any atom is -0.356 e. The Bertz CT molecular complexity index is 457. The number of guanidine groups is 1. The average molecular weight is 311 g/mol.